The van der Waals surface area contributed by atoms with E-state index in [1.54, 1.807) is 0 Å². The van der Waals surface area contributed by atoms with E-state index in [1.165, 1.54) is 16.4 Å². The molecule has 1 amide bonds. The summed E-state index contributed by atoms with van der Waals surface area (Å²) in [5.41, 5.74) is 1.51. The highest BCUT2D eigenvalue weighted by molar-refractivity contribution is 7.98. The number of amides is 1. The molecule has 1 atom stereocenters. The molecule has 0 spiro atoms. The second-order valence-electron chi connectivity index (χ2n) is 8.01. The fourth-order valence-corrected chi connectivity index (χ4v) is 3.80. The molecule has 0 bridgehead atoms. The second-order valence-corrected chi connectivity index (χ2v) is 9.39. The van der Waals surface area contributed by atoms with Gasteiger partial charge in [0.1, 0.15) is 5.60 Å². The molecule has 3 aromatic rings. The van der Waals surface area contributed by atoms with Crippen molar-refractivity contribution in [2.75, 3.05) is 5.84 Å². The van der Waals surface area contributed by atoms with E-state index in [0.717, 1.165) is 11.1 Å². The monoisotopic (exact) mass is 459 g/mol. The summed E-state index contributed by atoms with van der Waals surface area (Å²) in [6.45, 7) is 5.45. The Kier molecular flexibility index (Phi) is 7.46. The van der Waals surface area contributed by atoms with Gasteiger partial charge in [0, 0.05) is 17.2 Å². The minimum atomic E-state index is -0.614. The predicted octanol–water partition coefficient (Wildman–Crippen LogP) is 4.75. The van der Waals surface area contributed by atoms with Gasteiger partial charge in [-0.15, -0.1) is 10.2 Å². The van der Waals surface area contributed by atoms with Crippen molar-refractivity contribution in [1.82, 2.24) is 20.2 Å². The number of benzene rings is 2. The van der Waals surface area contributed by atoms with Crippen LogP contribution in [0, 0.1) is 0 Å². The number of hydrogen-bond acceptors (Lipinski definition) is 6. The first-order valence-corrected chi connectivity index (χ1v) is 11.2. The van der Waals surface area contributed by atoms with Crippen LogP contribution >= 0.6 is 23.4 Å². The average molecular weight is 460 g/mol. The quantitative estimate of drug-likeness (QED) is 0.391. The van der Waals surface area contributed by atoms with E-state index in [9.17, 15) is 4.79 Å². The molecule has 3 rings (SSSR count). The van der Waals surface area contributed by atoms with Gasteiger partial charge in [-0.25, -0.2) is 9.47 Å². The number of nitrogens with two attached hydrogens (primary N) is 1. The van der Waals surface area contributed by atoms with Crippen LogP contribution in [0.5, 0.6) is 0 Å². The highest BCUT2D eigenvalue weighted by Crippen LogP contribution is 2.25. The molecule has 7 nitrogen and oxygen atoms in total. The van der Waals surface area contributed by atoms with Crippen molar-refractivity contribution in [2.24, 2.45) is 0 Å². The minimum absolute atomic E-state index is 0.452. The fraction of sp³-hybridized carbons (Fsp3) is 0.318. The number of carbonyl (C=O) groups excluding carboxylic acids is 1. The zero-order valence-electron chi connectivity index (χ0n) is 17.7. The molecule has 0 aliphatic heterocycles. The predicted molar refractivity (Wildman–Crippen MR) is 123 cm³/mol. The van der Waals surface area contributed by atoms with Gasteiger partial charge < -0.3 is 15.9 Å². The lowest BCUT2D eigenvalue weighted by Crippen LogP contribution is -2.37. The largest absolute Gasteiger partial charge is 0.444 e. The minimum Gasteiger partial charge on any atom is -0.444 e. The summed E-state index contributed by atoms with van der Waals surface area (Å²) in [7, 11) is 0. The molecule has 1 heterocycles. The van der Waals surface area contributed by atoms with E-state index in [-0.39, 0.29) is 0 Å². The summed E-state index contributed by atoms with van der Waals surface area (Å²) in [5, 5.41) is 12.6. The Morgan fingerprint density at radius 1 is 1.13 bits per heavy atom. The van der Waals surface area contributed by atoms with Crippen LogP contribution in [0.2, 0.25) is 5.02 Å². The number of alkyl carbamates (subject to hydrolysis) is 1. The highest BCUT2D eigenvalue weighted by Gasteiger charge is 2.25. The molecule has 3 N–H and O–H groups in total. The van der Waals surface area contributed by atoms with E-state index < -0.39 is 17.7 Å². The van der Waals surface area contributed by atoms with Gasteiger partial charge in [-0.05, 0) is 44.0 Å². The Balaban J connectivity index is 1.77. The SMILES string of the molecule is CC(C)(C)OC(=O)NC(Cc1ccccc1)c1nnc(SCc2ccc(Cl)cc2)n1N. The molecule has 0 radical (unpaired) electrons. The van der Waals surface area contributed by atoms with Crippen molar-refractivity contribution >= 4 is 29.5 Å². The van der Waals surface area contributed by atoms with Gasteiger partial charge in [0.05, 0.1) is 6.04 Å². The van der Waals surface area contributed by atoms with Crippen LogP contribution in [0.15, 0.2) is 59.8 Å². The molecule has 164 valence electrons. The maximum absolute atomic E-state index is 12.4. The molecule has 0 fully saturated rings. The van der Waals surface area contributed by atoms with Crippen LogP contribution in [0.25, 0.3) is 0 Å². The van der Waals surface area contributed by atoms with Crippen molar-refractivity contribution in [3.8, 4) is 0 Å². The van der Waals surface area contributed by atoms with Gasteiger partial charge >= 0.3 is 6.09 Å². The van der Waals surface area contributed by atoms with Gasteiger partial charge in [-0.2, -0.15) is 0 Å². The summed E-state index contributed by atoms with van der Waals surface area (Å²) in [5.74, 6) is 7.42. The van der Waals surface area contributed by atoms with E-state index in [0.29, 0.717) is 28.2 Å². The standard InChI is InChI=1S/C22H26ClN5O2S/c1-22(2,3)30-21(29)25-18(13-15-7-5-4-6-8-15)19-26-27-20(28(19)24)31-14-16-9-11-17(23)12-10-16/h4-12,18H,13-14,24H2,1-3H3,(H,25,29). The van der Waals surface area contributed by atoms with E-state index in [2.05, 4.69) is 15.5 Å². The molecule has 0 aliphatic carbocycles. The molecule has 9 heteroatoms. The van der Waals surface area contributed by atoms with Crippen molar-refractivity contribution in [2.45, 2.75) is 49.7 Å². The lowest BCUT2D eigenvalue weighted by atomic mass is 10.1. The zero-order valence-corrected chi connectivity index (χ0v) is 19.3. The Morgan fingerprint density at radius 2 is 1.81 bits per heavy atom. The zero-order chi connectivity index (χ0) is 22.4. The van der Waals surface area contributed by atoms with Crippen molar-refractivity contribution < 1.29 is 9.53 Å². The number of nitrogen functional groups attached to an aromatic ring is 1. The number of thioether (sulfide) groups is 1. The average Bonchev–Trinajstić information content (AvgIpc) is 3.07. The van der Waals surface area contributed by atoms with E-state index >= 15 is 0 Å². The molecular weight excluding hydrogens is 434 g/mol. The van der Waals surface area contributed by atoms with Gasteiger partial charge in [0.25, 0.3) is 0 Å². The maximum Gasteiger partial charge on any atom is 0.408 e. The Morgan fingerprint density at radius 3 is 2.45 bits per heavy atom. The highest BCUT2D eigenvalue weighted by atomic mass is 35.5. The summed E-state index contributed by atoms with van der Waals surface area (Å²) < 4.78 is 6.85. The number of hydrogen-bond donors (Lipinski definition) is 2. The van der Waals surface area contributed by atoms with Gasteiger partial charge in [-0.1, -0.05) is 65.8 Å². The van der Waals surface area contributed by atoms with Gasteiger partial charge in [-0.3, -0.25) is 0 Å². The van der Waals surface area contributed by atoms with E-state index in [1.807, 2.05) is 75.4 Å². The summed E-state index contributed by atoms with van der Waals surface area (Å²) in [4.78, 5) is 12.4. The van der Waals surface area contributed by atoms with Crippen LogP contribution in [-0.4, -0.2) is 26.6 Å². The summed E-state index contributed by atoms with van der Waals surface area (Å²) in [6.07, 6.45) is -0.0381. The number of nitrogens with one attached hydrogen (secondary N) is 1. The third kappa shape index (κ3) is 6.90. The van der Waals surface area contributed by atoms with Crippen molar-refractivity contribution in [1.29, 1.82) is 0 Å². The fourth-order valence-electron chi connectivity index (χ4n) is 2.86. The third-order valence-electron chi connectivity index (χ3n) is 4.26. The molecule has 1 unspecified atom stereocenters. The Bertz CT molecular complexity index is 1000. The normalized spacial score (nSPS) is 12.4. The Hall–Kier alpha value is -2.71. The molecular formula is C22H26ClN5O2S. The van der Waals surface area contributed by atoms with Crippen LogP contribution < -0.4 is 11.2 Å². The molecule has 1 aromatic heterocycles. The molecule has 0 saturated heterocycles. The lowest BCUT2D eigenvalue weighted by molar-refractivity contribution is 0.0500. The maximum atomic E-state index is 12.4. The summed E-state index contributed by atoms with van der Waals surface area (Å²) in [6, 6.07) is 16.9. The van der Waals surface area contributed by atoms with Crippen LogP contribution in [0.4, 0.5) is 4.79 Å². The van der Waals surface area contributed by atoms with Crippen LogP contribution in [0.3, 0.4) is 0 Å². The first-order chi connectivity index (χ1) is 14.7. The van der Waals surface area contributed by atoms with Gasteiger partial charge in [0.15, 0.2) is 5.82 Å². The lowest BCUT2D eigenvalue weighted by Gasteiger charge is -2.23. The molecule has 0 aliphatic rings. The molecule has 0 saturated carbocycles. The molecule has 31 heavy (non-hydrogen) atoms. The number of carbonyl (C=O) groups is 1. The number of nitrogens with zero attached hydrogens (tertiary/aromatic N) is 3. The van der Waals surface area contributed by atoms with Crippen molar-refractivity contribution in [3.63, 3.8) is 0 Å². The number of halogens is 1. The summed E-state index contributed by atoms with van der Waals surface area (Å²) >= 11 is 7.40. The van der Waals surface area contributed by atoms with Crippen LogP contribution in [0.1, 0.15) is 43.8 Å². The second kappa shape index (κ2) is 10.1. The topological polar surface area (TPSA) is 95.1 Å². The first kappa shape index (κ1) is 23.0. The number of aromatic nitrogens is 3. The van der Waals surface area contributed by atoms with Gasteiger partial charge in [0.2, 0.25) is 5.16 Å². The van der Waals surface area contributed by atoms with E-state index in [4.69, 9.17) is 22.2 Å². The first-order valence-electron chi connectivity index (χ1n) is 9.82. The number of rotatable bonds is 7. The number of ether oxygens (including phenoxy) is 1. The Labute approximate surface area is 191 Å². The van der Waals surface area contributed by atoms with Crippen LogP contribution in [-0.2, 0) is 16.9 Å². The third-order valence-corrected chi connectivity index (χ3v) is 5.52. The molecule has 2 aromatic carbocycles. The smallest absolute Gasteiger partial charge is 0.408 e. The van der Waals surface area contributed by atoms with Crippen molar-refractivity contribution in [3.05, 3.63) is 76.6 Å².